The van der Waals surface area contributed by atoms with Crippen molar-refractivity contribution in [3.8, 4) is 0 Å². The van der Waals surface area contributed by atoms with Crippen LogP contribution < -0.4 is 0 Å². The van der Waals surface area contributed by atoms with Crippen molar-refractivity contribution in [3.63, 3.8) is 0 Å². The minimum Gasteiger partial charge on any atom is -0.237 e. The van der Waals surface area contributed by atoms with Crippen molar-refractivity contribution in [2.24, 2.45) is 0 Å². The molecule has 0 amide bonds. The minimum absolute atomic E-state index is 0.0635. The molecule has 0 rings (SSSR count). The van der Waals surface area contributed by atoms with Crippen molar-refractivity contribution in [3.05, 3.63) is 48.6 Å². The molecule has 21 heavy (non-hydrogen) atoms. The van der Waals surface area contributed by atoms with Crippen LogP contribution in [0.15, 0.2) is 48.6 Å². The summed E-state index contributed by atoms with van der Waals surface area (Å²) in [5.41, 5.74) is 0. The first kappa shape index (κ1) is 19.9. The van der Waals surface area contributed by atoms with Crippen LogP contribution in [0.3, 0.4) is 0 Å². The third kappa shape index (κ3) is 18.9. The van der Waals surface area contributed by atoms with Crippen LogP contribution in [0.25, 0.3) is 0 Å². The summed E-state index contributed by atoms with van der Waals surface area (Å²) in [7, 11) is 0. The number of unbranched alkanes of at least 4 members (excludes halogenated alkanes) is 5. The summed E-state index contributed by atoms with van der Waals surface area (Å²) in [5, 5.41) is 10.2. The Morgan fingerprint density at radius 3 is 1.43 bits per heavy atom. The van der Waals surface area contributed by atoms with Gasteiger partial charge in [-0.3, -0.25) is 0 Å². The fourth-order valence-corrected chi connectivity index (χ4v) is 1.93. The highest BCUT2D eigenvalue weighted by molar-refractivity contribution is 4.99. The highest BCUT2D eigenvalue weighted by Gasteiger charge is 1.82. The molecule has 0 bridgehead atoms. The molecule has 0 aromatic heterocycles. The lowest BCUT2D eigenvalue weighted by Gasteiger charge is -1.90. The van der Waals surface area contributed by atoms with Gasteiger partial charge in [0, 0.05) is 0 Å². The van der Waals surface area contributed by atoms with E-state index in [1.165, 1.54) is 25.7 Å². The molecule has 1 heteroatoms. The van der Waals surface area contributed by atoms with Crippen molar-refractivity contribution < 1.29 is 5.11 Å². The zero-order valence-electron chi connectivity index (χ0n) is 13.8. The van der Waals surface area contributed by atoms with E-state index in [9.17, 15) is 5.11 Å². The van der Waals surface area contributed by atoms with Crippen LogP contribution in [0.1, 0.15) is 71.1 Å². The second-order valence-corrected chi connectivity index (χ2v) is 5.29. The molecule has 0 saturated heterocycles. The van der Waals surface area contributed by atoms with Crippen molar-refractivity contribution in [1.82, 2.24) is 0 Å². The van der Waals surface area contributed by atoms with Crippen molar-refractivity contribution >= 4 is 0 Å². The maximum atomic E-state index is 10.2. The predicted molar refractivity (Wildman–Crippen MR) is 94.0 cm³/mol. The number of hydrogen-bond donors (Lipinski definition) is 0. The van der Waals surface area contributed by atoms with Gasteiger partial charge in [-0.05, 0) is 51.4 Å². The zero-order valence-corrected chi connectivity index (χ0v) is 13.8. The Morgan fingerprint density at radius 1 is 0.571 bits per heavy atom. The Kier molecular flexibility index (Phi) is 17.9. The summed E-state index contributed by atoms with van der Waals surface area (Å²) < 4.78 is 0. The molecule has 0 aliphatic carbocycles. The topological polar surface area (TPSA) is 19.9 Å². The van der Waals surface area contributed by atoms with Gasteiger partial charge in [-0.2, -0.15) is 0 Å². The van der Waals surface area contributed by atoms with E-state index < -0.39 is 0 Å². The Balaban J connectivity index is 3.35. The first-order valence-electron chi connectivity index (χ1n) is 8.60. The molecule has 0 spiro atoms. The van der Waals surface area contributed by atoms with Gasteiger partial charge in [0.1, 0.15) is 0 Å². The highest BCUT2D eigenvalue weighted by Crippen LogP contribution is 2.01. The van der Waals surface area contributed by atoms with Gasteiger partial charge in [0.2, 0.25) is 0 Å². The SMILES string of the molecule is CCCCC/C=C/C/C=C/C/C=C/C/C=C/CCCC[O]. The van der Waals surface area contributed by atoms with Crippen molar-refractivity contribution in [2.75, 3.05) is 6.61 Å². The lowest BCUT2D eigenvalue weighted by Crippen LogP contribution is -1.78. The maximum absolute atomic E-state index is 10.2. The second-order valence-electron chi connectivity index (χ2n) is 5.29. The largest absolute Gasteiger partial charge is 0.237 e. The Bertz CT molecular complexity index is 267. The average molecular weight is 289 g/mol. The van der Waals surface area contributed by atoms with Crippen LogP contribution in [0.5, 0.6) is 0 Å². The molecule has 119 valence electrons. The molecule has 0 aromatic rings. The van der Waals surface area contributed by atoms with Gasteiger partial charge in [-0.15, -0.1) is 0 Å². The van der Waals surface area contributed by atoms with Crippen molar-refractivity contribution in [1.29, 1.82) is 0 Å². The molecule has 1 nitrogen and oxygen atoms in total. The zero-order chi connectivity index (χ0) is 15.4. The van der Waals surface area contributed by atoms with Crippen LogP contribution >= 0.6 is 0 Å². The van der Waals surface area contributed by atoms with Crippen LogP contribution in [-0.2, 0) is 5.11 Å². The molecule has 0 fully saturated rings. The maximum Gasteiger partial charge on any atom is 0.0822 e. The van der Waals surface area contributed by atoms with E-state index in [-0.39, 0.29) is 6.61 Å². The Hall–Kier alpha value is -1.08. The standard InChI is InChI=1S/C20H33O/c1-2-3-4-5-6-7-8-9-10-11-12-13-14-15-16-17-18-19-20-21/h6-7,9-10,12-13,15-16H,2-5,8,11,14,17-20H2,1H3/b7-6+,10-9+,13-12+,16-15+. The summed E-state index contributed by atoms with van der Waals surface area (Å²) in [6, 6.07) is 0. The van der Waals surface area contributed by atoms with E-state index in [4.69, 9.17) is 0 Å². The van der Waals surface area contributed by atoms with E-state index in [0.29, 0.717) is 0 Å². The monoisotopic (exact) mass is 289 g/mol. The van der Waals surface area contributed by atoms with Crippen molar-refractivity contribution in [2.45, 2.75) is 71.1 Å². The molecule has 0 heterocycles. The fraction of sp³-hybridized carbons (Fsp3) is 0.600. The van der Waals surface area contributed by atoms with Crippen LogP contribution in [0, 0.1) is 0 Å². The summed E-state index contributed by atoms with van der Waals surface area (Å²) in [6.07, 6.45) is 29.0. The predicted octanol–water partition coefficient (Wildman–Crippen LogP) is 6.56. The average Bonchev–Trinajstić information content (AvgIpc) is 2.50. The molecule has 0 saturated carbocycles. The molecular weight excluding hydrogens is 256 g/mol. The molecule has 0 atom stereocenters. The first-order valence-corrected chi connectivity index (χ1v) is 8.60. The second kappa shape index (κ2) is 18.9. The molecule has 0 aliphatic heterocycles. The smallest absolute Gasteiger partial charge is 0.0822 e. The molecule has 0 N–H and O–H groups in total. The molecular formula is C20H33O. The normalized spacial score (nSPS) is 12.7. The Morgan fingerprint density at radius 2 is 1.00 bits per heavy atom. The molecule has 0 aromatic carbocycles. The number of allylic oxidation sites excluding steroid dienone is 8. The minimum atomic E-state index is 0.0635. The van der Waals surface area contributed by atoms with Crippen LogP contribution in [0.4, 0.5) is 0 Å². The van der Waals surface area contributed by atoms with Gasteiger partial charge in [-0.25, -0.2) is 5.11 Å². The van der Waals surface area contributed by atoms with Crippen LogP contribution in [-0.4, -0.2) is 6.61 Å². The van der Waals surface area contributed by atoms with Crippen LogP contribution in [0.2, 0.25) is 0 Å². The molecule has 1 radical (unpaired) electrons. The molecule has 0 unspecified atom stereocenters. The number of hydrogen-bond acceptors (Lipinski definition) is 0. The van der Waals surface area contributed by atoms with E-state index >= 15 is 0 Å². The quantitative estimate of drug-likeness (QED) is 0.255. The summed E-state index contributed by atoms with van der Waals surface area (Å²) in [6.45, 7) is 2.30. The van der Waals surface area contributed by atoms with Gasteiger partial charge in [0.15, 0.2) is 0 Å². The number of rotatable bonds is 14. The summed E-state index contributed by atoms with van der Waals surface area (Å²) in [4.78, 5) is 0. The first-order chi connectivity index (χ1) is 10.4. The third-order valence-electron chi connectivity index (χ3n) is 3.22. The van der Waals surface area contributed by atoms with Gasteiger partial charge in [-0.1, -0.05) is 68.4 Å². The Labute approximate surface area is 132 Å². The van der Waals surface area contributed by atoms with Gasteiger partial charge in [0.05, 0.1) is 6.61 Å². The third-order valence-corrected chi connectivity index (χ3v) is 3.22. The van der Waals surface area contributed by atoms with Gasteiger partial charge >= 0.3 is 0 Å². The lowest BCUT2D eigenvalue weighted by molar-refractivity contribution is 0.187. The van der Waals surface area contributed by atoms with Gasteiger partial charge < -0.3 is 0 Å². The van der Waals surface area contributed by atoms with E-state index in [1.54, 1.807) is 0 Å². The highest BCUT2D eigenvalue weighted by atomic mass is 16.2. The fourth-order valence-electron chi connectivity index (χ4n) is 1.93. The summed E-state index contributed by atoms with van der Waals surface area (Å²) in [5.74, 6) is 0. The van der Waals surface area contributed by atoms with E-state index in [0.717, 1.165) is 38.5 Å². The van der Waals surface area contributed by atoms with E-state index in [2.05, 4.69) is 55.5 Å². The summed E-state index contributed by atoms with van der Waals surface area (Å²) >= 11 is 0. The van der Waals surface area contributed by atoms with E-state index in [1.807, 2.05) is 0 Å². The lowest BCUT2D eigenvalue weighted by atomic mass is 10.2. The molecule has 0 aliphatic rings. The van der Waals surface area contributed by atoms with Gasteiger partial charge in [0.25, 0.3) is 0 Å².